The van der Waals surface area contributed by atoms with Crippen molar-refractivity contribution in [2.75, 3.05) is 18.7 Å². The van der Waals surface area contributed by atoms with Crippen LogP contribution in [0.1, 0.15) is 25.3 Å². The molecule has 0 aromatic heterocycles. The van der Waals surface area contributed by atoms with Gasteiger partial charge in [-0.3, -0.25) is 9.59 Å². The highest BCUT2D eigenvalue weighted by Gasteiger charge is 2.19. The van der Waals surface area contributed by atoms with Crippen molar-refractivity contribution in [2.24, 2.45) is 0 Å². The van der Waals surface area contributed by atoms with Gasteiger partial charge in [0.05, 0.1) is 6.61 Å². The van der Waals surface area contributed by atoms with Crippen molar-refractivity contribution in [3.8, 4) is 17.2 Å². The van der Waals surface area contributed by atoms with Gasteiger partial charge in [-0.05, 0) is 50.1 Å². The van der Waals surface area contributed by atoms with E-state index in [2.05, 4.69) is 5.32 Å². The Morgan fingerprint density at radius 2 is 1.96 bits per heavy atom. The largest absolute Gasteiger partial charge is 0.494 e. The van der Waals surface area contributed by atoms with Crippen LogP contribution in [0.3, 0.4) is 0 Å². The van der Waals surface area contributed by atoms with Crippen LogP contribution in [0.4, 0.5) is 5.69 Å². The lowest BCUT2D eigenvalue weighted by molar-refractivity contribution is -0.153. The lowest BCUT2D eigenvalue weighted by Crippen LogP contribution is -2.30. The molecular weight excluding hydrogens is 362 g/mol. The van der Waals surface area contributed by atoms with Crippen molar-refractivity contribution < 1.29 is 28.5 Å². The Labute approximate surface area is 163 Å². The van der Waals surface area contributed by atoms with E-state index in [4.69, 9.17) is 18.9 Å². The molecule has 28 heavy (non-hydrogen) atoms. The minimum absolute atomic E-state index is 0.161. The van der Waals surface area contributed by atoms with Gasteiger partial charge in [0, 0.05) is 18.2 Å². The number of amides is 1. The number of esters is 1. The molecule has 0 spiro atoms. The van der Waals surface area contributed by atoms with Gasteiger partial charge in [0.1, 0.15) is 5.75 Å². The number of nitrogens with one attached hydrogen (secondary N) is 1. The molecule has 1 heterocycles. The summed E-state index contributed by atoms with van der Waals surface area (Å²) in [5, 5.41) is 2.69. The molecule has 2 aromatic rings. The van der Waals surface area contributed by atoms with Gasteiger partial charge in [0.25, 0.3) is 5.91 Å². The summed E-state index contributed by atoms with van der Waals surface area (Å²) in [7, 11) is 0. The molecule has 0 aliphatic carbocycles. The number of carbonyl (C=O) groups is 2. The third kappa shape index (κ3) is 5.39. The first kappa shape index (κ1) is 19.5. The van der Waals surface area contributed by atoms with Gasteiger partial charge in [-0.25, -0.2) is 0 Å². The number of hydrogen-bond donors (Lipinski definition) is 1. The minimum atomic E-state index is -0.907. The van der Waals surface area contributed by atoms with Crippen LogP contribution >= 0.6 is 0 Å². The SMILES string of the molecule is Cc1cccc(OCCCC(=O)O[C@@H](C)C(=O)Nc2ccc3c(c2)OCO3)c1. The highest BCUT2D eigenvalue weighted by molar-refractivity contribution is 5.95. The van der Waals surface area contributed by atoms with Crippen LogP contribution in [0.2, 0.25) is 0 Å². The summed E-state index contributed by atoms with van der Waals surface area (Å²) in [6.45, 7) is 4.08. The Morgan fingerprint density at radius 1 is 1.14 bits per heavy atom. The first-order chi connectivity index (χ1) is 13.5. The summed E-state index contributed by atoms with van der Waals surface area (Å²) in [6, 6.07) is 12.8. The molecule has 1 atom stereocenters. The van der Waals surface area contributed by atoms with Crippen molar-refractivity contribution in [1.82, 2.24) is 0 Å². The maximum atomic E-state index is 12.2. The normalized spacial score (nSPS) is 12.9. The van der Waals surface area contributed by atoms with E-state index in [0.717, 1.165) is 11.3 Å². The summed E-state index contributed by atoms with van der Waals surface area (Å²) in [5.74, 6) is 1.11. The van der Waals surface area contributed by atoms with E-state index in [9.17, 15) is 9.59 Å². The topological polar surface area (TPSA) is 83.1 Å². The minimum Gasteiger partial charge on any atom is -0.494 e. The van der Waals surface area contributed by atoms with Crippen LogP contribution in [0.25, 0.3) is 0 Å². The van der Waals surface area contributed by atoms with E-state index in [1.165, 1.54) is 6.92 Å². The molecule has 1 aliphatic heterocycles. The van der Waals surface area contributed by atoms with Crippen molar-refractivity contribution in [3.05, 3.63) is 48.0 Å². The van der Waals surface area contributed by atoms with E-state index in [0.29, 0.717) is 30.2 Å². The molecule has 0 radical (unpaired) electrons. The molecule has 0 fully saturated rings. The van der Waals surface area contributed by atoms with Crippen molar-refractivity contribution in [2.45, 2.75) is 32.8 Å². The maximum Gasteiger partial charge on any atom is 0.306 e. The molecule has 0 saturated heterocycles. The zero-order valence-corrected chi connectivity index (χ0v) is 15.9. The number of carbonyl (C=O) groups excluding carboxylic acids is 2. The average Bonchev–Trinajstić information content (AvgIpc) is 3.13. The summed E-state index contributed by atoms with van der Waals surface area (Å²) in [5.41, 5.74) is 1.66. The second kappa shape index (κ2) is 9.12. The van der Waals surface area contributed by atoms with Crippen LogP contribution < -0.4 is 19.5 Å². The number of anilines is 1. The molecule has 1 aliphatic rings. The van der Waals surface area contributed by atoms with E-state index in [-0.39, 0.29) is 13.2 Å². The molecular formula is C21H23NO6. The van der Waals surface area contributed by atoms with E-state index in [1.54, 1.807) is 18.2 Å². The molecule has 2 aromatic carbocycles. The zero-order valence-electron chi connectivity index (χ0n) is 15.9. The second-order valence-electron chi connectivity index (χ2n) is 6.46. The first-order valence-corrected chi connectivity index (χ1v) is 9.11. The third-order valence-electron chi connectivity index (χ3n) is 4.10. The van der Waals surface area contributed by atoms with Crippen LogP contribution in [-0.2, 0) is 14.3 Å². The Hall–Kier alpha value is -3.22. The van der Waals surface area contributed by atoms with Crippen LogP contribution in [0.5, 0.6) is 17.2 Å². The highest BCUT2D eigenvalue weighted by atomic mass is 16.7. The standard InChI is InChI=1S/C21H23NO6/c1-14-5-3-6-17(11-14)25-10-4-7-20(23)28-15(2)21(24)22-16-8-9-18-19(12-16)27-13-26-18/h3,5-6,8-9,11-12,15H,4,7,10,13H2,1-2H3,(H,22,24)/t15-/m0/s1. The lowest BCUT2D eigenvalue weighted by Gasteiger charge is -2.14. The molecule has 3 rings (SSSR count). The van der Waals surface area contributed by atoms with Gasteiger partial charge >= 0.3 is 5.97 Å². The number of hydrogen-bond acceptors (Lipinski definition) is 6. The van der Waals surface area contributed by atoms with Gasteiger partial charge in [-0.1, -0.05) is 12.1 Å². The molecule has 1 amide bonds. The fraction of sp³-hybridized carbons (Fsp3) is 0.333. The van der Waals surface area contributed by atoms with E-state index >= 15 is 0 Å². The van der Waals surface area contributed by atoms with Crippen molar-refractivity contribution in [1.29, 1.82) is 0 Å². The van der Waals surface area contributed by atoms with Gasteiger partial charge < -0.3 is 24.3 Å². The van der Waals surface area contributed by atoms with Crippen LogP contribution in [0, 0.1) is 6.92 Å². The van der Waals surface area contributed by atoms with Crippen molar-refractivity contribution >= 4 is 17.6 Å². The Bertz CT molecular complexity index is 851. The predicted molar refractivity (Wildman–Crippen MR) is 103 cm³/mol. The Kier molecular flexibility index (Phi) is 6.37. The number of rotatable bonds is 8. The van der Waals surface area contributed by atoms with Gasteiger partial charge in [0.2, 0.25) is 6.79 Å². The summed E-state index contributed by atoms with van der Waals surface area (Å²) >= 11 is 0. The lowest BCUT2D eigenvalue weighted by atomic mass is 10.2. The molecule has 0 unspecified atom stereocenters. The summed E-state index contributed by atoms with van der Waals surface area (Å²) < 4.78 is 21.3. The molecule has 0 saturated carbocycles. The third-order valence-corrected chi connectivity index (χ3v) is 4.10. The highest BCUT2D eigenvalue weighted by Crippen LogP contribution is 2.34. The zero-order chi connectivity index (χ0) is 19.9. The van der Waals surface area contributed by atoms with Crippen LogP contribution in [0.15, 0.2) is 42.5 Å². The smallest absolute Gasteiger partial charge is 0.306 e. The van der Waals surface area contributed by atoms with Crippen molar-refractivity contribution in [3.63, 3.8) is 0 Å². The van der Waals surface area contributed by atoms with Gasteiger partial charge in [-0.2, -0.15) is 0 Å². The Morgan fingerprint density at radius 3 is 2.79 bits per heavy atom. The Balaban J connectivity index is 1.38. The maximum absolute atomic E-state index is 12.2. The molecule has 1 N–H and O–H groups in total. The van der Waals surface area contributed by atoms with Gasteiger partial charge in [0.15, 0.2) is 17.6 Å². The predicted octanol–water partition coefficient (Wildman–Crippen LogP) is 3.45. The number of benzene rings is 2. The molecule has 7 nitrogen and oxygen atoms in total. The molecule has 7 heteroatoms. The quantitative estimate of drug-likeness (QED) is 0.554. The summed E-state index contributed by atoms with van der Waals surface area (Å²) in [4.78, 5) is 24.1. The monoisotopic (exact) mass is 385 g/mol. The first-order valence-electron chi connectivity index (χ1n) is 9.11. The number of ether oxygens (including phenoxy) is 4. The van der Waals surface area contributed by atoms with E-state index in [1.807, 2.05) is 31.2 Å². The van der Waals surface area contributed by atoms with Crippen LogP contribution in [-0.4, -0.2) is 31.4 Å². The fourth-order valence-corrected chi connectivity index (χ4v) is 2.64. The molecule has 148 valence electrons. The van der Waals surface area contributed by atoms with E-state index < -0.39 is 18.0 Å². The number of aryl methyl sites for hydroxylation is 1. The van der Waals surface area contributed by atoms with Gasteiger partial charge in [-0.15, -0.1) is 0 Å². The average molecular weight is 385 g/mol. The second-order valence-corrected chi connectivity index (χ2v) is 6.46. The molecule has 0 bridgehead atoms. The fourth-order valence-electron chi connectivity index (χ4n) is 2.64. The summed E-state index contributed by atoms with van der Waals surface area (Å²) in [6.07, 6.45) is -0.230. The number of fused-ring (bicyclic) bond motifs is 1.